The molecular weight excluding hydrogens is 358 g/mol. The molecule has 2 aromatic rings. The van der Waals surface area contributed by atoms with Gasteiger partial charge in [0.15, 0.2) is 0 Å². The molecule has 0 bridgehead atoms. The molecule has 4 nitrogen and oxygen atoms in total. The highest BCUT2D eigenvalue weighted by atomic mass is 32.2. The van der Waals surface area contributed by atoms with Crippen LogP contribution in [-0.4, -0.2) is 28.6 Å². The highest BCUT2D eigenvalue weighted by Crippen LogP contribution is 2.54. The maximum atomic E-state index is 12.8. The molecular formula is C22H23NO3S. The van der Waals surface area contributed by atoms with Gasteiger partial charge >= 0.3 is 5.97 Å². The van der Waals surface area contributed by atoms with Crippen LogP contribution >= 0.6 is 11.8 Å². The van der Waals surface area contributed by atoms with E-state index < -0.39 is 10.9 Å². The number of hydrogen-bond donors (Lipinski definition) is 0. The average molecular weight is 381 g/mol. The number of amides is 1. The molecule has 2 heterocycles. The molecule has 27 heavy (non-hydrogen) atoms. The fraction of sp³-hybridized carbons (Fsp3) is 0.364. The fourth-order valence-corrected chi connectivity index (χ4v) is 5.65. The number of carbonyl (C=O) groups excluding carboxylic acids is 2. The maximum Gasteiger partial charge on any atom is 0.330 e. The van der Waals surface area contributed by atoms with E-state index in [0.29, 0.717) is 12.2 Å². The van der Waals surface area contributed by atoms with Crippen LogP contribution in [0, 0.1) is 13.8 Å². The molecule has 2 fully saturated rings. The Hall–Kier alpha value is -2.27. The molecule has 0 saturated carbocycles. The van der Waals surface area contributed by atoms with Crippen LogP contribution in [0.15, 0.2) is 48.5 Å². The molecule has 0 N–H and O–H groups in total. The van der Waals surface area contributed by atoms with Crippen LogP contribution in [0.25, 0.3) is 0 Å². The Morgan fingerprint density at radius 1 is 1.22 bits per heavy atom. The first-order chi connectivity index (χ1) is 13.0. The van der Waals surface area contributed by atoms with Gasteiger partial charge in [0.1, 0.15) is 17.5 Å². The van der Waals surface area contributed by atoms with Crippen molar-refractivity contribution < 1.29 is 14.3 Å². The molecule has 2 aliphatic heterocycles. The number of aryl methyl sites for hydroxylation is 2. The summed E-state index contributed by atoms with van der Waals surface area (Å²) in [6.45, 7) is 4.28. The second-order valence-electron chi connectivity index (χ2n) is 7.28. The van der Waals surface area contributed by atoms with Gasteiger partial charge in [-0.2, -0.15) is 0 Å². The van der Waals surface area contributed by atoms with Gasteiger partial charge in [-0.25, -0.2) is 4.79 Å². The van der Waals surface area contributed by atoms with E-state index in [2.05, 4.69) is 0 Å². The molecule has 0 radical (unpaired) electrons. The molecule has 1 amide bonds. The van der Waals surface area contributed by atoms with Crippen molar-refractivity contribution in [3.05, 3.63) is 70.8 Å². The van der Waals surface area contributed by atoms with Crippen LogP contribution in [0.4, 0.5) is 0 Å². The highest BCUT2D eigenvalue weighted by molar-refractivity contribution is 8.00. The average Bonchev–Trinajstić information content (AvgIpc) is 3.22. The van der Waals surface area contributed by atoms with Crippen LogP contribution < -0.4 is 0 Å². The van der Waals surface area contributed by atoms with Gasteiger partial charge in [-0.15, -0.1) is 11.8 Å². The number of thioether (sulfide) groups is 1. The van der Waals surface area contributed by atoms with Crippen LogP contribution in [0.5, 0.6) is 0 Å². The summed E-state index contributed by atoms with van der Waals surface area (Å²) >= 11 is 1.69. The van der Waals surface area contributed by atoms with Gasteiger partial charge in [0, 0.05) is 12.2 Å². The number of fused-ring (bicyclic) bond motifs is 1. The molecule has 2 atom stereocenters. The van der Waals surface area contributed by atoms with Gasteiger partial charge in [-0.05, 0) is 37.0 Å². The van der Waals surface area contributed by atoms with Gasteiger partial charge in [0.2, 0.25) is 5.91 Å². The fourth-order valence-electron chi connectivity index (χ4n) is 4.02. The van der Waals surface area contributed by atoms with Crippen molar-refractivity contribution >= 4 is 23.6 Å². The van der Waals surface area contributed by atoms with E-state index in [1.165, 1.54) is 0 Å². The number of rotatable bonds is 4. The van der Waals surface area contributed by atoms with Gasteiger partial charge in [0.25, 0.3) is 0 Å². The van der Waals surface area contributed by atoms with Crippen molar-refractivity contribution in [2.45, 2.75) is 44.2 Å². The molecule has 5 heteroatoms. The van der Waals surface area contributed by atoms with Crippen molar-refractivity contribution in [3.63, 3.8) is 0 Å². The lowest BCUT2D eigenvalue weighted by molar-refractivity contribution is -0.155. The number of benzene rings is 2. The van der Waals surface area contributed by atoms with Crippen LogP contribution in [0.3, 0.4) is 0 Å². The molecule has 0 unspecified atom stereocenters. The Morgan fingerprint density at radius 2 is 2.00 bits per heavy atom. The minimum absolute atomic E-state index is 0.0394. The number of esters is 1. The van der Waals surface area contributed by atoms with E-state index in [1.807, 2.05) is 62.4 Å². The third kappa shape index (κ3) is 3.14. The zero-order valence-electron chi connectivity index (χ0n) is 15.6. The van der Waals surface area contributed by atoms with Gasteiger partial charge in [-0.1, -0.05) is 54.1 Å². The van der Waals surface area contributed by atoms with Crippen molar-refractivity contribution in [1.82, 2.24) is 4.90 Å². The van der Waals surface area contributed by atoms with Gasteiger partial charge in [0.05, 0.1) is 0 Å². The first kappa shape index (κ1) is 18.1. The Bertz CT molecular complexity index is 882. The van der Waals surface area contributed by atoms with E-state index in [9.17, 15) is 9.59 Å². The Labute approximate surface area is 163 Å². The normalized spacial score (nSPS) is 24.1. The summed E-state index contributed by atoms with van der Waals surface area (Å²) in [5.41, 5.74) is 4.34. The molecule has 2 saturated heterocycles. The minimum Gasteiger partial charge on any atom is -0.459 e. The largest absolute Gasteiger partial charge is 0.459 e. The second kappa shape index (κ2) is 7.04. The third-order valence-electron chi connectivity index (χ3n) is 5.50. The first-order valence-corrected chi connectivity index (χ1v) is 10.2. The van der Waals surface area contributed by atoms with Crippen LogP contribution in [0.1, 0.15) is 35.1 Å². The maximum absolute atomic E-state index is 12.8. The second-order valence-corrected chi connectivity index (χ2v) is 8.58. The topological polar surface area (TPSA) is 46.6 Å². The molecule has 4 rings (SSSR count). The molecule has 0 spiro atoms. The smallest absolute Gasteiger partial charge is 0.330 e. The summed E-state index contributed by atoms with van der Waals surface area (Å²) < 4.78 is 5.64. The van der Waals surface area contributed by atoms with Crippen molar-refractivity contribution in [3.8, 4) is 0 Å². The predicted octanol–water partition coefficient (Wildman–Crippen LogP) is 3.94. The van der Waals surface area contributed by atoms with Crippen molar-refractivity contribution in [2.75, 3.05) is 5.75 Å². The number of carbonyl (C=O) groups is 2. The molecule has 0 aromatic heterocycles. The summed E-state index contributed by atoms with van der Waals surface area (Å²) in [6.07, 6.45) is 1.21. The Balaban J connectivity index is 1.53. The number of nitrogens with zero attached hydrogens (tertiary/aromatic N) is 1. The molecule has 0 aliphatic carbocycles. The lowest BCUT2D eigenvalue weighted by atomic mass is 10.0. The van der Waals surface area contributed by atoms with E-state index in [-0.39, 0.29) is 18.5 Å². The van der Waals surface area contributed by atoms with E-state index >= 15 is 0 Å². The summed E-state index contributed by atoms with van der Waals surface area (Å²) in [6, 6.07) is 15.6. The molecule has 2 aliphatic rings. The molecule has 2 aromatic carbocycles. The lowest BCUT2D eigenvalue weighted by Gasteiger charge is -2.33. The van der Waals surface area contributed by atoms with E-state index in [1.54, 1.807) is 16.7 Å². The predicted molar refractivity (Wildman–Crippen MR) is 106 cm³/mol. The van der Waals surface area contributed by atoms with E-state index in [0.717, 1.165) is 28.7 Å². The minimum atomic E-state index is -0.518. The quantitative estimate of drug-likeness (QED) is 0.753. The van der Waals surface area contributed by atoms with Crippen molar-refractivity contribution in [1.29, 1.82) is 0 Å². The van der Waals surface area contributed by atoms with Crippen LogP contribution in [-0.2, 0) is 25.8 Å². The summed E-state index contributed by atoms with van der Waals surface area (Å²) in [5, 5.41) is 0. The van der Waals surface area contributed by atoms with Crippen molar-refractivity contribution in [2.24, 2.45) is 0 Å². The summed E-state index contributed by atoms with van der Waals surface area (Å²) in [7, 11) is 0. The molecule has 140 valence electrons. The Morgan fingerprint density at radius 3 is 2.78 bits per heavy atom. The number of ether oxygens (including phenoxy) is 1. The van der Waals surface area contributed by atoms with E-state index in [4.69, 9.17) is 4.74 Å². The monoisotopic (exact) mass is 381 g/mol. The third-order valence-corrected chi connectivity index (χ3v) is 7.10. The zero-order valence-corrected chi connectivity index (χ0v) is 16.4. The number of hydrogen-bond acceptors (Lipinski definition) is 4. The zero-order chi connectivity index (χ0) is 19.0. The first-order valence-electron chi connectivity index (χ1n) is 9.26. The summed E-state index contributed by atoms with van der Waals surface area (Å²) in [4.78, 5) is 26.8. The van der Waals surface area contributed by atoms with Crippen LogP contribution in [0.2, 0.25) is 0 Å². The summed E-state index contributed by atoms with van der Waals surface area (Å²) in [5.74, 6) is 0.306. The Kier molecular flexibility index (Phi) is 4.72. The standard InChI is InChI=1S/C22H23NO3S/c1-15-8-9-16(2)17(12-15)13-26-21(25)19-14-27-22(11-10-20(24)23(19)22)18-6-4-3-5-7-18/h3-9,12,19H,10-11,13-14H2,1-2H3/t19-,22+/m0/s1. The SMILES string of the molecule is Cc1ccc(C)c(COC(=O)[C@@H]2CS[C@@]3(c4ccccc4)CCC(=O)N23)c1. The lowest BCUT2D eigenvalue weighted by Crippen LogP contribution is -2.46. The van der Waals surface area contributed by atoms with Gasteiger partial charge in [-0.3, -0.25) is 4.79 Å². The van der Waals surface area contributed by atoms with Gasteiger partial charge < -0.3 is 9.64 Å². The highest BCUT2D eigenvalue weighted by Gasteiger charge is 2.57.